The fraction of sp³-hybridized carbons (Fsp3) is 0.333. The van der Waals surface area contributed by atoms with Crippen molar-refractivity contribution in [2.24, 2.45) is 0 Å². The number of nitrogens with one attached hydrogen (secondary N) is 1. The third kappa shape index (κ3) is 5.57. The van der Waals surface area contributed by atoms with Crippen molar-refractivity contribution in [1.82, 2.24) is 4.90 Å². The molecule has 0 spiro atoms. The lowest BCUT2D eigenvalue weighted by molar-refractivity contribution is 0.0296. The molecular weight excluding hydrogens is 428 g/mol. The zero-order chi connectivity index (χ0) is 22.4. The molecule has 31 heavy (non-hydrogen) atoms. The van der Waals surface area contributed by atoms with Gasteiger partial charge in [-0.2, -0.15) is 5.26 Å². The highest BCUT2D eigenvalue weighted by Gasteiger charge is 2.26. The van der Waals surface area contributed by atoms with Crippen LogP contribution < -0.4 is 4.72 Å². The van der Waals surface area contributed by atoms with Gasteiger partial charge >= 0.3 is 0 Å². The fourth-order valence-electron chi connectivity index (χ4n) is 3.32. The van der Waals surface area contributed by atoms with Crippen molar-refractivity contribution >= 4 is 21.6 Å². The monoisotopic (exact) mass is 449 g/mol. The van der Waals surface area contributed by atoms with Crippen molar-refractivity contribution in [3.63, 3.8) is 0 Å². The molecule has 1 fully saturated rings. The highest BCUT2D eigenvalue weighted by atomic mass is 32.2. The molecule has 0 aliphatic carbocycles. The number of benzene rings is 2. The van der Waals surface area contributed by atoms with E-state index in [9.17, 15) is 22.0 Å². The van der Waals surface area contributed by atoms with Gasteiger partial charge in [-0.25, -0.2) is 17.2 Å². The maximum atomic E-state index is 13.4. The summed E-state index contributed by atoms with van der Waals surface area (Å²) in [5.74, 6) is -2.67. The molecule has 1 amide bonds. The Hall–Kier alpha value is -3.03. The predicted molar refractivity (Wildman–Crippen MR) is 109 cm³/mol. The van der Waals surface area contributed by atoms with Gasteiger partial charge < -0.3 is 9.64 Å². The number of rotatable bonds is 7. The van der Waals surface area contributed by atoms with E-state index >= 15 is 0 Å². The number of nitriles is 1. The van der Waals surface area contributed by atoms with Gasteiger partial charge in [0.2, 0.25) is 0 Å². The number of nitrogens with zero attached hydrogens (tertiary/aromatic N) is 2. The summed E-state index contributed by atoms with van der Waals surface area (Å²) < 4.78 is 58.8. The van der Waals surface area contributed by atoms with Crippen molar-refractivity contribution in [2.75, 3.05) is 24.5 Å². The summed E-state index contributed by atoms with van der Waals surface area (Å²) in [5, 5.41) is 8.91. The average Bonchev–Trinajstić information content (AvgIpc) is 2.76. The summed E-state index contributed by atoms with van der Waals surface area (Å²) in [5.41, 5.74) is 0.510. The molecule has 0 radical (unpaired) electrons. The Morgan fingerprint density at radius 3 is 2.42 bits per heavy atom. The number of hydrogen-bond acceptors (Lipinski definition) is 5. The van der Waals surface area contributed by atoms with Crippen molar-refractivity contribution in [2.45, 2.75) is 30.2 Å². The van der Waals surface area contributed by atoms with Gasteiger partial charge in [0.05, 0.1) is 17.4 Å². The van der Waals surface area contributed by atoms with E-state index in [-0.39, 0.29) is 24.1 Å². The van der Waals surface area contributed by atoms with Crippen LogP contribution in [-0.2, 0) is 14.8 Å². The Bertz CT molecular complexity index is 1080. The van der Waals surface area contributed by atoms with Crippen LogP contribution >= 0.6 is 0 Å². The van der Waals surface area contributed by atoms with Gasteiger partial charge in [-0.3, -0.25) is 9.52 Å². The Morgan fingerprint density at radius 2 is 1.81 bits per heavy atom. The quantitative estimate of drug-likeness (QED) is 0.699. The molecule has 7 nitrogen and oxygen atoms in total. The van der Waals surface area contributed by atoms with Crippen LogP contribution in [0.4, 0.5) is 14.5 Å². The molecule has 0 bridgehead atoms. The van der Waals surface area contributed by atoms with Gasteiger partial charge in [-0.1, -0.05) is 0 Å². The standard InChI is InChI=1S/C21H21F2N3O4S/c22-19-7-6-18(14-20(19)23)31(28,29)25-16-4-2-15(3-5-16)21(27)26(11-1-10-24)17-8-12-30-13-9-17/h2-7,14,17,25H,1,8-9,11-13H2. The first kappa shape index (κ1) is 22.7. The van der Waals surface area contributed by atoms with E-state index < -0.39 is 26.6 Å². The molecule has 2 aromatic rings. The molecule has 2 aromatic carbocycles. The van der Waals surface area contributed by atoms with Crippen LogP contribution in [0.3, 0.4) is 0 Å². The van der Waals surface area contributed by atoms with Gasteiger partial charge in [-0.05, 0) is 55.3 Å². The minimum Gasteiger partial charge on any atom is -0.381 e. The maximum Gasteiger partial charge on any atom is 0.261 e. The number of sulfonamides is 1. The van der Waals surface area contributed by atoms with Gasteiger partial charge in [0.25, 0.3) is 15.9 Å². The SMILES string of the molecule is N#CCCN(C(=O)c1ccc(NS(=O)(=O)c2ccc(F)c(F)c2)cc1)C1CCOCC1. The zero-order valence-corrected chi connectivity index (χ0v) is 17.4. The Kier molecular flexibility index (Phi) is 7.20. The summed E-state index contributed by atoms with van der Waals surface area (Å²) in [4.78, 5) is 14.2. The number of amides is 1. The van der Waals surface area contributed by atoms with E-state index in [4.69, 9.17) is 10.00 Å². The van der Waals surface area contributed by atoms with Crippen LogP contribution in [-0.4, -0.2) is 45.0 Å². The van der Waals surface area contributed by atoms with E-state index in [1.165, 1.54) is 24.3 Å². The minimum absolute atomic E-state index is 0.0267. The number of carbonyl (C=O) groups excluding carboxylic acids is 1. The lowest BCUT2D eigenvalue weighted by Gasteiger charge is -2.34. The second kappa shape index (κ2) is 9.85. The van der Waals surface area contributed by atoms with Gasteiger partial charge in [0.1, 0.15) is 0 Å². The molecule has 164 valence electrons. The summed E-state index contributed by atoms with van der Waals surface area (Å²) in [6, 6.07) is 10.1. The lowest BCUT2D eigenvalue weighted by atomic mass is 10.0. The van der Waals surface area contributed by atoms with Crippen LogP contribution in [0.5, 0.6) is 0 Å². The smallest absolute Gasteiger partial charge is 0.261 e. The second-order valence-corrected chi connectivity index (χ2v) is 8.69. The van der Waals surface area contributed by atoms with Gasteiger partial charge in [0.15, 0.2) is 11.6 Å². The summed E-state index contributed by atoms with van der Waals surface area (Å²) in [6.45, 7) is 1.39. The third-order valence-corrected chi connectivity index (χ3v) is 6.32. The molecule has 1 saturated heterocycles. The van der Waals surface area contributed by atoms with Crippen molar-refractivity contribution in [3.05, 3.63) is 59.7 Å². The number of ether oxygens (including phenoxy) is 1. The molecule has 1 N–H and O–H groups in total. The normalized spacial score (nSPS) is 14.6. The highest BCUT2D eigenvalue weighted by Crippen LogP contribution is 2.21. The maximum absolute atomic E-state index is 13.4. The first-order valence-corrected chi connectivity index (χ1v) is 11.1. The van der Waals surface area contributed by atoms with Crippen LogP contribution in [0.25, 0.3) is 0 Å². The number of halogens is 2. The van der Waals surface area contributed by atoms with Crippen LogP contribution in [0.2, 0.25) is 0 Å². The number of carbonyl (C=O) groups is 1. The Morgan fingerprint density at radius 1 is 1.13 bits per heavy atom. The van der Waals surface area contributed by atoms with Gasteiger partial charge in [0, 0.05) is 37.1 Å². The van der Waals surface area contributed by atoms with E-state index in [2.05, 4.69) is 4.72 Å². The lowest BCUT2D eigenvalue weighted by Crippen LogP contribution is -2.43. The van der Waals surface area contributed by atoms with E-state index in [0.29, 0.717) is 44.2 Å². The van der Waals surface area contributed by atoms with Gasteiger partial charge in [-0.15, -0.1) is 0 Å². The summed E-state index contributed by atoms with van der Waals surface area (Å²) in [6.07, 6.45) is 1.57. The minimum atomic E-state index is -4.13. The Balaban J connectivity index is 1.75. The van der Waals surface area contributed by atoms with Crippen molar-refractivity contribution in [3.8, 4) is 6.07 Å². The summed E-state index contributed by atoms with van der Waals surface area (Å²) >= 11 is 0. The van der Waals surface area contributed by atoms with E-state index in [1.54, 1.807) is 4.90 Å². The van der Waals surface area contributed by atoms with Crippen LogP contribution in [0.15, 0.2) is 47.4 Å². The molecule has 0 saturated carbocycles. The molecule has 0 atom stereocenters. The molecule has 0 unspecified atom stereocenters. The predicted octanol–water partition coefficient (Wildman–Crippen LogP) is 3.30. The molecule has 3 rings (SSSR count). The molecule has 0 aromatic heterocycles. The van der Waals surface area contributed by atoms with E-state index in [0.717, 1.165) is 12.1 Å². The van der Waals surface area contributed by atoms with Crippen LogP contribution in [0.1, 0.15) is 29.6 Å². The highest BCUT2D eigenvalue weighted by molar-refractivity contribution is 7.92. The zero-order valence-electron chi connectivity index (χ0n) is 16.6. The average molecular weight is 449 g/mol. The molecule has 1 aliphatic heterocycles. The number of anilines is 1. The Labute approximate surface area is 179 Å². The second-order valence-electron chi connectivity index (χ2n) is 7.01. The third-order valence-electron chi connectivity index (χ3n) is 4.94. The molecule has 1 heterocycles. The van der Waals surface area contributed by atoms with Crippen LogP contribution in [0, 0.1) is 23.0 Å². The fourth-order valence-corrected chi connectivity index (χ4v) is 4.39. The van der Waals surface area contributed by atoms with E-state index in [1.807, 2.05) is 6.07 Å². The molecule has 1 aliphatic rings. The first-order valence-electron chi connectivity index (χ1n) is 9.65. The summed E-state index contributed by atoms with van der Waals surface area (Å²) in [7, 11) is -4.13. The largest absolute Gasteiger partial charge is 0.381 e. The topological polar surface area (TPSA) is 99.5 Å². The van der Waals surface area contributed by atoms with Crippen molar-refractivity contribution < 1.29 is 26.7 Å². The molecular formula is C21H21F2N3O4S. The first-order chi connectivity index (χ1) is 14.8. The molecule has 10 heteroatoms. The van der Waals surface area contributed by atoms with Crippen molar-refractivity contribution in [1.29, 1.82) is 5.26 Å². The number of hydrogen-bond donors (Lipinski definition) is 1.